The second kappa shape index (κ2) is 7.95. The van der Waals surface area contributed by atoms with E-state index in [0.29, 0.717) is 5.56 Å². The molecule has 0 fully saturated rings. The van der Waals surface area contributed by atoms with E-state index in [1.54, 1.807) is 11.3 Å². The zero-order valence-electron chi connectivity index (χ0n) is 18.0. The van der Waals surface area contributed by atoms with Crippen molar-refractivity contribution in [3.63, 3.8) is 0 Å². The number of hydrogen-bond acceptors (Lipinski definition) is 5. The van der Waals surface area contributed by atoms with Crippen molar-refractivity contribution in [2.45, 2.75) is 13.8 Å². The zero-order valence-corrected chi connectivity index (χ0v) is 18.9. The minimum atomic E-state index is 0.645. The molecule has 0 saturated carbocycles. The fraction of sp³-hybridized carbons (Fsp3) is 0.115. The fourth-order valence-electron chi connectivity index (χ4n) is 3.81. The predicted molar refractivity (Wildman–Crippen MR) is 131 cm³/mol. The van der Waals surface area contributed by atoms with Crippen LogP contribution in [0.5, 0.6) is 0 Å². The van der Waals surface area contributed by atoms with Crippen LogP contribution in [0.3, 0.4) is 0 Å². The van der Waals surface area contributed by atoms with Gasteiger partial charge in [-0.3, -0.25) is 0 Å². The van der Waals surface area contributed by atoms with Crippen LogP contribution in [-0.4, -0.2) is 14.5 Å². The lowest BCUT2D eigenvalue weighted by Crippen LogP contribution is -1.95. The largest absolute Gasteiger partial charge is 0.331 e. The van der Waals surface area contributed by atoms with Crippen LogP contribution in [0.2, 0.25) is 0 Å². The van der Waals surface area contributed by atoms with Crippen molar-refractivity contribution in [3.8, 4) is 28.7 Å². The first-order chi connectivity index (χ1) is 15.5. The summed E-state index contributed by atoms with van der Waals surface area (Å²) >= 11 is 1.56. The molecule has 0 aliphatic heterocycles. The number of fused-ring (bicyclic) bond motifs is 1. The molecule has 0 bridgehead atoms. The second-order valence-corrected chi connectivity index (χ2v) is 8.73. The fourth-order valence-corrected chi connectivity index (χ4v) is 4.55. The SMILES string of the molecule is Cc1cccc(-c2nc3cc(Nc4nc(-c5ccc(C#N)cc5)cs4)c(C)cc3n2C)c1. The van der Waals surface area contributed by atoms with Crippen molar-refractivity contribution >= 4 is 33.2 Å². The van der Waals surface area contributed by atoms with Crippen LogP contribution in [0.1, 0.15) is 16.7 Å². The van der Waals surface area contributed by atoms with Gasteiger partial charge >= 0.3 is 0 Å². The number of aromatic nitrogens is 3. The lowest BCUT2D eigenvalue weighted by molar-refractivity contribution is 0.958. The highest BCUT2D eigenvalue weighted by Crippen LogP contribution is 2.32. The Morgan fingerprint density at radius 1 is 0.969 bits per heavy atom. The number of rotatable bonds is 4. The number of benzene rings is 3. The maximum absolute atomic E-state index is 8.98. The molecule has 156 valence electrons. The van der Waals surface area contributed by atoms with Gasteiger partial charge < -0.3 is 9.88 Å². The molecule has 5 aromatic rings. The first-order valence-electron chi connectivity index (χ1n) is 10.3. The quantitative estimate of drug-likeness (QED) is 0.345. The van der Waals surface area contributed by atoms with E-state index in [1.807, 2.05) is 29.6 Å². The maximum atomic E-state index is 8.98. The van der Waals surface area contributed by atoms with Gasteiger partial charge in [-0.15, -0.1) is 11.3 Å². The molecule has 0 atom stereocenters. The van der Waals surface area contributed by atoms with Crippen molar-refractivity contribution in [2.24, 2.45) is 7.05 Å². The number of aryl methyl sites for hydroxylation is 3. The summed E-state index contributed by atoms with van der Waals surface area (Å²) in [5, 5.41) is 15.3. The summed E-state index contributed by atoms with van der Waals surface area (Å²) in [5.41, 5.74) is 9.03. The van der Waals surface area contributed by atoms with Gasteiger partial charge in [0.15, 0.2) is 5.13 Å². The molecule has 3 aromatic carbocycles. The number of anilines is 2. The van der Waals surface area contributed by atoms with Gasteiger partial charge in [0, 0.05) is 29.2 Å². The van der Waals surface area contributed by atoms with E-state index in [2.05, 4.69) is 73.2 Å². The third kappa shape index (κ3) is 3.64. The molecule has 0 saturated heterocycles. The summed E-state index contributed by atoms with van der Waals surface area (Å²) in [4.78, 5) is 9.65. The molecule has 32 heavy (non-hydrogen) atoms. The van der Waals surface area contributed by atoms with Gasteiger partial charge in [-0.2, -0.15) is 5.26 Å². The maximum Gasteiger partial charge on any atom is 0.187 e. The van der Waals surface area contributed by atoms with Crippen molar-refractivity contribution in [2.75, 3.05) is 5.32 Å². The van der Waals surface area contributed by atoms with Crippen molar-refractivity contribution in [1.82, 2.24) is 14.5 Å². The van der Waals surface area contributed by atoms with Crippen LogP contribution in [0, 0.1) is 25.2 Å². The van der Waals surface area contributed by atoms with E-state index in [1.165, 1.54) is 5.56 Å². The number of imidazole rings is 1. The molecule has 0 radical (unpaired) electrons. The molecule has 2 heterocycles. The van der Waals surface area contributed by atoms with Crippen LogP contribution in [0.15, 0.2) is 66.0 Å². The zero-order chi connectivity index (χ0) is 22.2. The summed E-state index contributed by atoms with van der Waals surface area (Å²) in [5.74, 6) is 0.956. The standard InChI is InChI=1S/C26H21N5S/c1-16-5-4-6-20(11-16)25-28-22-13-21(17(2)12-24(22)31(25)3)29-26-30-23(15-32-26)19-9-7-18(14-27)8-10-19/h4-13,15H,1-3H3,(H,29,30). The Labute approximate surface area is 190 Å². The Kier molecular flexibility index (Phi) is 4.96. The third-order valence-electron chi connectivity index (χ3n) is 5.56. The number of nitrogens with zero attached hydrogens (tertiary/aromatic N) is 4. The monoisotopic (exact) mass is 435 g/mol. The normalized spacial score (nSPS) is 10.9. The van der Waals surface area contributed by atoms with Crippen LogP contribution < -0.4 is 5.32 Å². The molecule has 0 aliphatic rings. The molecule has 6 heteroatoms. The van der Waals surface area contributed by atoms with Crippen LogP contribution >= 0.6 is 11.3 Å². The molecular weight excluding hydrogens is 414 g/mol. The highest BCUT2D eigenvalue weighted by Gasteiger charge is 2.13. The first-order valence-corrected chi connectivity index (χ1v) is 11.2. The van der Waals surface area contributed by atoms with E-state index < -0.39 is 0 Å². The highest BCUT2D eigenvalue weighted by molar-refractivity contribution is 7.14. The predicted octanol–water partition coefficient (Wildman–Crippen LogP) is 6.60. The molecule has 5 rings (SSSR count). The van der Waals surface area contributed by atoms with E-state index in [-0.39, 0.29) is 0 Å². The lowest BCUT2D eigenvalue weighted by atomic mass is 10.1. The molecule has 0 spiro atoms. The number of thiazole rings is 1. The summed E-state index contributed by atoms with van der Waals surface area (Å²) < 4.78 is 2.15. The van der Waals surface area contributed by atoms with Crippen molar-refractivity contribution in [3.05, 3.63) is 82.7 Å². The third-order valence-corrected chi connectivity index (χ3v) is 6.32. The second-order valence-electron chi connectivity index (χ2n) is 7.87. The average Bonchev–Trinajstić information content (AvgIpc) is 3.39. The first kappa shape index (κ1) is 20.0. The topological polar surface area (TPSA) is 66.5 Å². The van der Waals surface area contributed by atoms with Crippen LogP contribution in [0.25, 0.3) is 33.7 Å². The molecule has 0 amide bonds. The van der Waals surface area contributed by atoms with Gasteiger partial charge in [-0.1, -0.05) is 35.9 Å². The van der Waals surface area contributed by atoms with Gasteiger partial charge in [-0.05, 0) is 49.7 Å². The Bertz CT molecular complexity index is 1490. The minimum Gasteiger partial charge on any atom is -0.331 e. The smallest absolute Gasteiger partial charge is 0.187 e. The molecular formula is C26H21N5S. The number of hydrogen-bond donors (Lipinski definition) is 1. The summed E-state index contributed by atoms with van der Waals surface area (Å²) in [6.07, 6.45) is 0. The summed E-state index contributed by atoms with van der Waals surface area (Å²) in [6, 6.07) is 22.3. The molecule has 5 nitrogen and oxygen atoms in total. The van der Waals surface area contributed by atoms with Gasteiger partial charge in [0.2, 0.25) is 0 Å². The average molecular weight is 436 g/mol. The van der Waals surface area contributed by atoms with Crippen LogP contribution in [0.4, 0.5) is 10.8 Å². The molecule has 2 aromatic heterocycles. The highest BCUT2D eigenvalue weighted by atomic mass is 32.1. The summed E-state index contributed by atoms with van der Waals surface area (Å²) in [7, 11) is 2.06. The van der Waals surface area contributed by atoms with Crippen molar-refractivity contribution in [1.29, 1.82) is 5.26 Å². The Morgan fingerprint density at radius 2 is 1.78 bits per heavy atom. The van der Waals surface area contributed by atoms with E-state index in [0.717, 1.165) is 50.1 Å². The number of nitrogens with one attached hydrogen (secondary N) is 1. The van der Waals surface area contributed by atoms with Crippen LogP contribution in [-0.2, 0) is 7.05 Å². The molecule has 0 aliphatic carbocycles. The van der Waals surface area contributed by atoms with Gasteiger partial charge in [0.05, 0.1) is 28.4 Å². The van der Waals surface area contributed by atoms with Gasteiger partial charge in [0.1, 0.15) is 5.82 Å². The lowest BCUT2D eigenvalue weighted by Gasteiger charge is -2.08. The molecule has 0 unspecified atom stereocenters. The van der Waals surface area contributed by atoms with Gasteiger partial charge in [-0.25, -0.2) is 9.97 Å². The van der Waals surface area contributed by atoms with Gasteiger partial charge in [0.25, 0.3) is 0 Å². The number of nitriles is 1. The van der Waals surface area contributed by atoms with E-state index in [9.17, 15) is 0 Å². The van der Waals surface area contributed by atoms with Crippen molar-refractivity contribution < 1.29 is 0 Å². The Hall–Kier alpha value is -3.95. The van der Waals surface area contributed by atoms with E-state index >= 15 is 0 Å². The Balaban J connectivity index is 1.47. The summed E-state index contributed by atoms with van der Waals surface area (Å²) in [6.45, 7) is 4.19. The molecule has 1 N–H and O–H groups in total. The Morgan fingerprint density at radius 3 is 2.53 bits per heavy atom. The van der Waals surface area contributed by atoms with E-state index in [4.69, 9.17) is 15.2 Å². The minimum absolute atomic E-state index is 0.645.